The standard InChI is InChI=1S/C21H28F3NO4S2/c1-20(29,9-2-3-11-21(22,23)24)10-4-5-14-6-7-17(26)15(14)8-12-30-19-25-16(13-31-19)18(27)28/h4-5,13-15,29H,2-3,6-12H2,1H3,(H,27,28)/b5-4+/t14-,15+,20-/m0/s1. The van der Waals surface area contributed by atoms with Gasteiger partial charge in [-0.15, -0.1) is 11.3 Å². The molecule has 1 aliphatic carbocycles. The number of rotatable bonds is 12. The molecule has 0 aliphatic heterocycles. The number of aromatic nitrogens is 1. The second-order valence-corrected chi connectivity index (χ2v) is 10.4. The lowest BCUT2D eigenvalue weighted by Crippen LogP contribution is -2.23. The number of unbranched alkanes of at least 4 members (excludes halogenated alkanes) is 1. The van der Waals surface area contributed by atoms with E-state index in [1.165, 1.54) is 28.5 Å². The molecule has 3 atom stereocenters. The number of halogens is 3. The van der Waals surface area contributed by atoms with Gasteiger partial charge >= 0.3 is 12.1 Å². The number of ketones is 1. The van der Waals surface area contributed by atoms with Crippen LogP contribution in [-0.4, -0.2) is 44.5 Å². The predicted molar refractivity (Wildman–Crippen MR) is 115 cm³/mol. The molecule has 5 nitrogen and oxygen atoms in total. The van der Waals surface area contributed by atoms with Crippen molar-refractivity contribution in [2.24, 2.45) is 11.8 Å². The van der Waals surface area contributed by atoms with Gasteiger partial charge in [0.2, 0.25) is 0 Å². The molecule has 1 aliphatic rings. The molecule has 1 fully saturated rings. The van der Waals surface area contributed by atoms with Gasteiger partial charge in [0.1, 0.15) is 5.78 Å². The summed E-state index contributed by atoms with van der Waals surface area (Å²) in [6, 6.07) is 0. The minimum atomic E-state index is -4.16. The van der Waals surface area contributed by atoms with Gasteiger partial charge in [-0.2, -0.15) is 13.2 Å². The number of thiazole rings is 1. The van der Waals surface area contributed by atoms with Crippen molar-refractivity contribution >= 4 is 34.9 Å². The molecule has 1 saturated carbocycles. The van der Waals surface area contributed by atoms with Gasteiger partial charge < -0.3 is 10.2 Å². The third kappa shape index (κ3) is 9.33. The highest BCUT2D eigenvalue weighted by Crippen LogP contribution is 2.35. The fourth-order valence-electron chi connectivity index (χ4n) is 3.66. The minimum Gasteiger partial charge on any atom is -0.476 e. The van der Waals surface area contributed by atoms with Gasteiger partial charge in [0.25, 0.3) is 0 Å². The Balaban J connectivity index is 1.76. The van der Waals surface area contributed by atoms with Crippen LogP contribution in [0.5, 0.6) is 0 Å². The topological polar surface area (TPSA) is 87.5 Å². The number of hydrogen-bond acceptors (Lipinski definition) is 6. The quantitative estimate of drug-likeness (QED) is 0.226. The van der Waals surface area contributed by atoms with Gasteiger partial charge in [0.15, 0.2) is 10.0 Å². The van der Waals surface area contributed by atoms with Gasteiger partial charge in [-0.3, -0.25) is 4.79 Å². The van der Waals surface area contributed by atoms with Crippen molar-refractivity contribution < 1.29 is 33.0 Å². The van der Waals surface area contributed by atoms with Crippen molar-refractivity contribution in [2.75, 3.05) is 5.75 Å². The van der Waals surface area contributed by atoms with E-state index in [-0.39, 0.29) is 29.7 Å². The van der Waals surface area contributed by atoms with Gasteiger partial charge in [0.05, 0.1) is 5.60 Å². The molecular weight excluding hydrogens is 451 g/mol. The van der Waals surface area contributed by atoms with Crippen LogP contribution in [0.4, 0.5) is 13.2 Å². The summed E-state index contributed by atoms with van der Waals surface area (Å²) in [5.74, 6) is -0.223. The van der Waals surface area contributed by atoms with Crippen LogP contribution in [0.25, 0.3) is 0 Å². The molecule has 0 amide bonds. The van der Waals surface area contributed by atoms with E-state index in [2.05, 4.69) is 4.98 Å². The summed E-state index contributed by atoms with van der Waals surface area (Å²) in [5, 5.41) is 20.8. The smallest absolute Gasteiger partial charge is 0.389 e. The van der Waals surface area contributed by atoms with Crippen LogP contribution in [0.2, 0.25) is 0 Å². The molecule has 0 radical (unpaired) electrons. The number of aromatic carboxylic acids is 1. The fourth-order valence-corrected chi connectivity index (χ4v) is 5.56. The maximum atomic E-state index is 12.3. The predicted octanol–water partition coefficient (Wildman–Crippen LogP) is 5.74. The minimum absolute atomic E-state index is 0.00723. The molecule has 174 valence electrons. The van der Waals surface area contributed by atoms with Crippen molar-refractivity contribution in [1.29, 1.82) is 0 Å². The average molecular weight is 480 g/mol. The molecule has 0 aromatic carbocycles. The largest absolute Gasteiger partial charge is 0.476 e. The SMILES string of the molecule is C[C@@](O)(C/C=C/[C@H]1CCC(=O)[C@@H]1CCSc1nc(C(=O)O)cs1)CCCCC(F)(F)F. The first-order chi connectivity index (χ1) is 14.5. The first-order valence-corrected chi connectivity index (χ1v) is 12.1. The van der Waals surface area contributed by atoms with Crippen LogP contribution in [0.3, 0.4) is 0 Å². The number of carbonyl (C=O) groups excluding carboxylic acids is 1. The first kappa shape index (κ1) is 25.9. The number of nitrogens with zero attached hydrogens (tertiary/aromatic N) is 1. The molecule has 1 aromatic rings. The maximum absolute atomic E-state index is 12.3. The number of Topliss-reactive ketones (excluding diaryl/α,β-unsaturated/α-hetero) is 1. The van der Waals surface area contributed by atoms with Crippen molar-refractivity contribution in [3.63, 3.8) is 0 Å². The van der Waals surface area contributed by atoms with E-state index in [0.29, 0.717) is 42.2 Å². The van der Waals surface area contributed by atoms with Crippen LogP contribution in [0.1, 0.15) is 68.8 Å². The highest BCUT2D eigenvalue weighted by atomic mass is 32.2. The van der Waals surface area contributed by atoms with E-state index in [0.717, 1.165) is 6.42 Å². The average Bonchev–Trinajstić information content (AvgIpc) is 3.26. The number of thioether (sulfide) groups is 1. The van der Waals surface area contributed by atoms with Gasteiger partial charge in [0, 0.05) is 29.9 Å². The fraction of sp³-hybridized carbons (Fsp3) is 0.667. The summed E-state index contributed by atoms with van der Waals surface area (Å²) in [6.45, 7) is 1.62. The van der Waals surface area contributed by atoms with Crippen molar-refractivity contribution in [2.45, 2.75) is 74.4 Å². The van der Waals surface area contributed by atoms with Crippen LogP contribution in [0, 0.1) is 11.8 Å². The van der Waals surface area contributed by atoms with Crippen LogP contribution < -0.4 is 0 Å². The summed E-state index contributed by atoms with van der Waals surface area (Å²) in [7, 11) is 0. The number of aliphatic hydroxyl groups is 1. The highest BCUT2D eigenvalue weighted by Gasteiger charge is 2.33. The van der Waals surface area contributed by atoms with Gasteiger partial charge in [-0.1, -0.05) is 30.3 Å². The Labute approximate surface area is 188 Å². The van der Waals surface area contributed by atoms with E-state index < -0.39 is 24.2 Å². The Morgan fingerprint density at radius 1 is 1.35 bits per heavy atom. The molecule has 0 unspecified atom stereocenters. The molecule has 2 rings (SSSR count). The van der Waals surface area contributed by atoms with E-state index in [4.69, 9.17) is 5.11 Å². The first-order valence-electron chi connectivity index (χ1n) is 10.3. The summed E-state index contributed by atoms with van der Waals surface area (Å²) in [6.07, 6.45) is 1.67. The van der Waals surface area contributed by atoms with E-state index in [1.54, 1.807) is 6.92 Å². The Morgan fingerprint density at radius 2 is 2.06 bits per heavy atom. The number of carboxylic acid groups (broad SMARTS) is 1. The monoisotopic (exact) mass is 479 g/mol. The maximum Gasteiger partial charge on any atom is 0.389 e. The van der Waals surface area contributed by atoms with Crippen LogP contribution in [0.15, 0.2) is 21.9 Å². The van der Waals surface area contributed by atoms with E-state index in [1.807, 2.05) is 12.2 Å². The van der Waals surface area contributed by atoms with Crippen LogP contribution in [-0.2, 0) is 4.79 Å². The lowest BCUT2D eigenvalue weighted by Gasteiger charge is -2.22. The zero-order valence-corrected chi connectivity index (χ0v) is 19.0. The van der Waals surface area contributed by atoms with Crippen molar-refractivity contribution in [3.8, 4) is 0 Å². The normalized spacial score (nSPS) is 21.6. The number of carbonyl (C=O) groups is 2. The Morgan fingerprint density at radius 3 is 2.71 bits per heavy atom. The molecule has 0 bridgehead atoms. The number of allylic oxidation sites excluding steroid dienone is 1. The Bertz CT molecular complexity index is 777. The van der Waals surface area contributed by atoms with Gasteiger partial charge in [-0.05, 0) is 44.9 Å². The van der Waals surface area contributed by atoms with Crippen molar-refractivity contribution in [1.82, 2.24) is 4.98 Å². The number of alkyl halides is 3. The third-order valence-corrected chi connectivity index (χ3v) is 7.43. The zero-order valence-electron chi connectivity index (χ0n) is 17.4. The molecule has 0 spiro atoms. The number of hydrogen-bond donors (Lipinski definition) is 2. The summed E-state index contributed by atoms with van der Waals surface area (Å²) in [5.41, 5.74) is -1.04. The summed E-state index contributed by atoms with van der Waals surface area (Å²) < 4.78 is 37.3. The van der Waals surface area contributed by atoms with Gasteiger partial charge in [-0.25, -0.2) is 9.78 Å². The zero-order chi connectivity index (χ0) is 23.1. The molecule has 10 heteroatoms. The Kier molecular flexibility index (Phi) is 9.57. The Hall–Kier alpha value is -1.39. The molecule has 0 saturated heterocycles. The molecule has 31 heavy (non-hydrogen) atoms. The third-order valence-electron chi connectivity index (χ3n) is 5.38. The second kappa shape index (κ2) is 11.5. The lowest BCUT2D eigenvalue weighted by atomic mass is 9.90. The summed E-state index contributed by atoms with van der Waals surface area (Å²) in [4.78, 5) is 27.2. The second-order valence-electron chi connectivity index (χ2n) is 8.17. The molecule has 1 aromatic heterocycles. The van der Waals surface area contributed by atoms with E-state index in [9.17, 15) is 27.9 Å². The number of carboxylic acids is 1. The highest BCUT2D eigenvalue weighted by molar-refractivity contribution is 8.01. The van der Waals surface area contributed by atoms with E-state index >= 15 is 0 Å². The lowest BCUT2D eigenvalue weighted by molar-refractivity contribution is -0.136. The molecule has 1 heterocycles. The van der Waals surface area contributed by atoms with Crippen molar-refractivity contribution in [3.05, 3.63) is 23.2 Å². The van der Waals surface area contributed by atoms with Crippen LogP contribution >= 0.6 is 23.1 Å². The summed E-state index contributed by atoms with van der Waals surface area (Å²) >= 11 is 2.71. The molecular formula is C21H28F3NO4S2. The molecule has 2 N–H and O–H groups in total.